The van der Waals surface area contributed by atoms with Gasteiger partial charge in [0.1, 0.15) is 12.4 Å². The van der Waals surface area contributed by atoms with Crippen molar-refractivity contribution in [2.45, 2.75) is 13.5 Å². The van der Waals surface area contributed by atoms with Gasteiger partial charge in [-0.2, -0.15) is 0 Å². The highest BCUT2D eigenvalue weighted by molar-refractivity contribution is 9.10. The average molecular weight is 550 g/mol. The summed E-state index contributed by atoms with van der Waals surface area (Å²) in [6.07, 6.45) is 4.02. The van der Waals surface area contributed by atoms with Gasteiger partial charge in [-0.05, 0) is 55.0 Å². The molecular weight excluding hydrogens is 528 g/mol. The van der Waals surface area contributed by atoms with Crippen LogP contribution in [0.15, 0.2) is 88.4 Å². The second-order valence-corrected chi connectivity index (χ2v) is 10.5. The lowest BCUT2D eigenvalue weighted by molar-refractivity contribution is -0.113. The number of ether oxygens (including phenoxy) is 1. The van der Waals surface area contributed by atoms with E-state index in [4.69, 9.17) is 17.0 Å². The third kappa shape index (κ3) is 4.56. The monoisotopic (exact) mass is 548 g/mol. The van der Waals surface area contributed by atoms with Gasteiger partial charge in [0.2, 0.25) is 0 Å². The molecule has 3 aromatic carbocycles. The molecule has 1 saturated heterocycles. The summed E-state index contributed by atoms with van der Waals surface area (Å²) in [4.78, 5) is 15.4. The molecule has 0 atom stereocenters. The topological polar surface area (TPSA) is 34.5 Å². The molecule has 1 amide bonds. The van der Waals surface area contributed by atoms with E-state index in [1.165, 1.54) is 11.8 Å². The Bertz CT molecular complexity index is 1430. The van der Waals surface area contributed by atoms with Crippen LogP contribution in [-0.4, -0.2) is 21.4 Å². The fourth-order valence-electron chi connectivity index (χ4n) is 3.98. The summed E-state index contributed by atoms with van der Waals surface area (Å²) in [5.74, 6) is 0.798. The maximum Gasteiger partial charge on any atom is 0.270 e. The summed E-state index contributed by atoms with van der Waals surface area (Å²) in [6, 6.07) is 23.7. The summed E-state index contributed by atoms with van der Waals surface area (Å²) in [7, 11) is 0. The van der Waals surface area contributed by atoms with Crippen LogP contribution < -0.4 is 9.64 Å². The van der Waals surface area contributed by atoms with Gasteiger partial charge in [0.05, 0.1) is 17.1 Å². The van der Waals surface area contributed by atoms with Crippen molar-refractivity contribution in [1.82, 2.24) is 4.57 Å². The van der Waals surface area contributed by atoms with Crippen molar-refractivity contribution in [1.29, 1.82) is 0 Å². The number of carbonyl (C=O) groups excluding carboxylic acids is 1. The number of aryl methyl sites for hydroxylation is 1. The van der Waals surface area contributed by atoms with Crippen molar-refractivity contribution >= 4 is 72.8 Å². The fraction of sp³-hybridized carbons (Fsp3) is 0.111. The van der Waals surface area contributed by atoms with Crippen LogP contribution in [0.3, 0.4) is 0 Å². The molecule has 2 heterocycles. The van der Waals surface area contributed by atoms with Crippen molar-refractivity contribution in [3.63, 3.8) is 0 Å². The number of hydrogen-bond acceptors (Lipinski definition) is 4. The van der Waals surface area contributed by atoms with Crippen molar-refractivity contribution < 1.29 is 9.53 Å². The first-order valence-electron chi connectivity index (χ1n) is 10.8. The van der Waals surface area contributed by atoms with Crippen LogP contribution in [0.4, 0.5) is 5.69 Å². The summed E-state index contributed by atoms with van der Waals surface area (Å²) < 4.78 is 9.72. The van der Waals surface area contributed by atoms with E-state index in [1.807, 2.05) is 73.7 Å². The minimum atomic E-state index is -0.0972. The Labute approximate surface area is 216 Å². The molecule has 0 unspecified atom stereocenters. The highest BCUT2D eigenvalue weighted by Gasteiger charge is 2.33. The van der Waals surface area contributed by atoms with E-state index in [1.54, 1.807) is 4.90 Å². The molecule has 1 aliphatic rings. The van der Waals surface area contributed by atoms with Gasteiger partial charge >= 0.3 is 0 Å². The normalized spacial score (nSPS) is 15.0. The predicted molar refractivity (Wildman–Crippen MR) is 148 cm³/mol. The minimum absolute atomic E-state index is 0.0972. The van der Waals surface area contributed by atoms with E-state index in [0.717, 1.165) is 37.9 Å². The van der Waals surface area contributed by atoms with Gasteiger partial charge in [-0.25, -0.2) is 0 Å². The van der Waals surface area contributed by atoms with Gasteiger partial charge in [-0.15, -0.1) is 0 Å². The predicted octanol–water partition coefficient (Wildman–Crippen LogP) is 7.20. The minimum Gasteiger partial charge on any atom is -0.491 e. The van der Waals surface area contributed by atoms with Crippen LogP contribution >= 0.6 is 39.9 Å². The lowest BCUT2D eigenvalue weighted by Gasteiger charge is -2.13. The van der Waals surface area contributed by atoms with Crippen LogP contribution in [0.25, 0.3) is 17.0 Å². The first-order chi connectivity index (χ1) is 16.5. The van der Waals surface area contributed by atoms with E-state index < -0.39 is 0 Å². The van der Waals surface area contributed by atoms with Gasteiger partial charge in [0.15, 0.2) is 4.32 Å². The number of amides is 1. The molecule has 4 nitrogen and oxygen atoms in total. The Hall–Kier alpha value is -2.87. The van der Waals surface area contributed by atoms with Crippen LogP contribution in [0.1, 0.15) is 11.1 Å². The number of nitrogens with zero attached hydrogens (tertiary/aromatic N) is 2. The quantitative estimate of drug-likeness (QED) is 0.188. The molecule has 4 aromatic rings. The van der Waals surface area contributed by atoms with E-state index in [0.29, 0.717) is 22.4 Å². The maximum absolute atomic E-state index is 13.2. The molecule has 0 spiro atoms. The number of rotatable bonds is 6. The zero-order valence-corrected chi connectivity index (χ0v) is 21.6. The number of aromatic nitrogens is 1. The summed E-state index contributed by atoms with van der Waals surface area (Å²) >= 11 is 10.4. The Kier molecular flexibility index (Phi) is 6.59. The highest BCUT2D eigenvalue weighted by atomic mass is 79.9. The number of halogens is 1. The number of thiocarbonyl (C=S) groups is 1. The molecular formula is C27H21BrN2O2S2. The molecule has 0 radical (unpaired) electrons. The fourth-order valence-corrected chi connectivity index (χ4v) is 5.63. The number of anilines is 1. The largest absolute Gasteiger partial charge is 0.491 e. The third-order valence-corrected chi connectivity index (χ3v) is 7.45. The van der Waals surface area contributed by atoms with Crippen molar-refractivity contribution in [3.8, 4) is 5.75 Å². The van der Waals surface area contributed by atoms with Gasteiger partial charge in [-0.3, -0.25) is 9.69 Å². The van der Waals surface area contributed by atoms with Gasteiger partial charge in [-0.1, -0.05) is 76.3 Å². The molecule has 0 N–H and O–H groups in total. The molecule has 5 rings (SSSR count). The molecule has 1 aromatic heterocycles. The van der Waals surface area contributed by atoms with E-state index >= 15 is 0 Å². The Morgan fingerprint density at radius 2 is 1.82 bits per heavy atom. The molecule has 170 valence electrons. The molecule has 0 bridgehead atoms. The molecule has 1 fully saturated rings. The van der Waals surface area contributed by atoms with Gasteiger partial charge in [0.25, 0.3) is 5.91 Å². The zero-order valence-electron chi connectivity index (χ0n) is 18.4. The number of hydrogen-bond donors (Lipinski definition) is 0. The molecule has 0 saturated carbocycles. The second kappa shape index (κ2) is 9.78. The van der Waals surface area contributed by atoms with Crippen LogP contribution in [0, 0.1) is 6.92 Å². The van der Waals surface area contributed by atoms with Crippen LogP contribution in [0.5, 0.6) is 5.75 Å². The first-order valence-corrected chi connectivity index (χ1v) is 12.8. The number of benzene rings is 3. The van der Waals surface area contributed by atoms with E-state index in [2.05, 4.69) is 38.8 Å². The molecule has 34 heavy (non-hydrogen) atoms. The average Bonchev–Trinajstić information content (AvgIpc) is 3.31. The smallest absolute Gasteiger partial charge is 0.270 e. The van der Waals surface area contributed by atoms with Crippen molar-refractivity contribution in [2.24, 2.45) is 0 Å². The van der Waals surface area contributed by atoms with Crippen LogP contribution in [-0.2, 0) is 11.3 Å². The van der Waals surface area contributed by atoms with E-state index in [-0.39, 0.29) is 5.91 Å². The number of carbonyl (C=O) groups is 1. The second-order valence-electron chi connectivity index (χ2n) is 7.91. The lowest BCUT2D eigenvalue weighted by atomic mass is 10.1. The van der Waals surface area contributed by atoms with Crippen molar-refractivity contribution in [2.75, 3.05) is 11.5 Å². The summed E-state index contributed by atoms with van der Waals surface area (Å²) in [5, 5.41) is 1.07. The zero-order chi connectivity index (χ0) is 23.7. The van der Waals surface area contributed by atoms with Crippen LogP contribution in [0.2, 0.25) is 0 Å². The summed E-state index contributed by atoms with van der Waals surface area (Å²) in [6.45, 7) is 3.27. The Balaban J connectivity index is 1.44. The Morgan fingerprint density at radius 3 is 2.62 bits per heavy atom. The standard InChI is InChI=1S/C27H21BrN2O2S2/c1-18-7-5-6-10-24(18)32-14-13-29-17-19(22-16-20(28)11-12-23(22)29)15-25-26(31)30(27(33)34-25)21-8-3-2-4-9-21/h2-12,15-17H,13-14H2,1H3/b25-15-. The maximum atomic E-state index is 13.2. The van der Waals surface area contributed by atoms with E-state index in [9.17, 15) is 4.79 Å². The number of thioether (sulfide) groups is 1. The lowest BCUT2D eigenvalue weighted by Crippen LogP contribution is -2.27. The number of para-hydroxylation sites is 2. The third-order valence-electron chi connectivity index (χ3n) is 5.65. The van der Waals surface area contributed by atoms with Crippen molar-refractivity contribution in [3.05, 3.63) is 99.5 Å². The first kappa shape index (κ1) is 22.9. The molecule has 1 aliphatic heterocycles. The molecule has 7 heteroatoms. The number of fused-ring (bicyclic) bond motifs is 1. The Morgan fingerprint density at radius 1 is 1.06 bits per heavy atom. The van der Waals surface area contributed by atoms with Gasteiger partial charge < -0.3 is 9.30 Å². The molecule has 0 aliphatic carbocycles. The highest BCUT2D eigenvalue weighted by Crippen LogP contribution is 2.37. The SMILES string of the molecule is Cc1ccccc1OCCn1cc(/C=C2\SC(=S)N(c3ccccc3)C2=O)c2cc(Br)ccc21. The summed E-state index contributed by atoms with van der Waals surface area (Å²) in [5.41, 5.74) is 3.96. The van der Waals surface area contributed by atoms with Gasteiger partial charge in [0, 0.05) is 27.1 Å².